The van der Waals surface area contributed by atoms with Gasteiger partial charge < -0.3 is 20.1 Å². The van der Waals surface area contributed by atoms with E-state index in [4.69, 9.17) is 19.6 Å². The van der Waals surface area contributed by atoms with Crippen molar-refractivity contribution in [2.75, 3.05) is 38.7 Å². The Balaban J connectivity index is 1.40. The van der Waals surface area contributed by atoms with Crippen LogP contribution in [0.2, 0.25) is 0 Å². The number of hydrogen-bond acceptors (Lipinski definition) is 7. The second-order valence-electron chi connectivity index (χ2n) is 8.91. The summed E-state index contributed by atoms with van der Waals surface area (Å²) in [6, 6.07) is 5.70. The van der Waals surface area contributed by atoms with Crippen LogP contribution >= 0.6 is 0 Å². The number of rotatable bonds is 6. The first-order chi connectivity index (χ1) is 15.7. The summed E-state index contributed by atoms with van der Waals surface area (Å²) in [5.74, 6) is 2.22. The number of hydrogen-bond donors (Lipinski definition) is 2. The summed E-state index contributed by atoms with van der Waals surface area (Å²) in [5, 5.41) is 11.5. The highest BCUT2D eigenvalue weighted by Gasteiger charge is 2.31. The molecule has 0 spiro atoms. The lowest BCUT2D eigenvalue weighted by atomic mass is 9.96. The van der Waals surface area contributed by atoms with Crippen LogP contribution in [0.4, 0.5) is 10.2 Å². The average Bonchev–Trinajstić information content (AvgIpc) is 3.54. The second kappa shape index (κ2) is 7.97. The minimum absolute atomic E-state index is 0.278. The fraction of sp³-hybridized carbons (Fsp3) is 0.522. The summed E-state index contributed by atoms with van der Waals surface area (Å²) in [6.45, 7) is 2.62. The Kier molecular flexibility index (Phi) is 4.95. The van der Waals surface area contributed by atoms with Gasteiger partial charge in [0.1, 0.15) is 29.1 Å². The molecule has 0 radical (unpaired) electrons. The molecule has 9 heteroatoms. The van der Waals surface area contributed by atoms with Crippen LogP contribution in [0, 0.1) is 0 Å². The molecule has 0 aromatic carbocycles. The van der Waals surface area contributed by atoms with Gasteiger partial charge in [0.2, 0.25) is 0 Å². The van der Waals surface area contributed by atoms with Gasteiger partial charge in [-0.2, -0.15) is 5.10 Å². The minimum Gasteiger partial charge on any atom is -0.495 e. The molecule has 0 bridgehead atoms. The molecule has 3 aromatic heterocycles. The Bertz CT molecular complexity index is 1140. The molecule has 168 valence electrons. The Morgan fingerprint density at radius 3 is 2.81 bits per heavy atom. The summed E-state index contributed by atoms with van der Waals surface area (Å²) in [4.78, 5) is 9.47. The zero-order valence-corrected chi connectivity index (χ0v) is 18.1. The Morgan fingerprint density at radius 1 is 1.22 bits per heavy atom. The molecule has 6 rings (SSSR count). The van der Waals surface area contributed by atoms with E-state index < -0.39 is 6.17 Å². The normalized spacial score (nSPS) is 23.8. The number of fused-ring (bicyclic) bond motifs is 1. The highest BCUT2D eigenvalue weighted by atomic mass is 19.1. The number of alkyl halides is 1. The van der Waals surface area contributed by atoms with E-state index in [9.17, 15) is 4.39 Å². The first-order valence-corrected chi connectivity index (χ1v) is 11.3. The maximum Gasteiger partial charge on any atom is 0.157 e. The minimum atomic E-state index is -0.904. The lowest BCUT2D eigenvalue weighted by molar-refractivity contribution is 0.00855. The van der Waals surface area contributed by atoms with E-state index in [1.54, 1.807) is 13.3 Å². The fourth-order valence-corrected chi connectivity index (χ4v) is 4.51. The molecular weight excluding hydrogens is 411 g/mol. The Labute approximate surface area is 185 Å². The first kappa shape index (κ1) is 19.9. The van der Waals surface area contributed by atoms with E-state index >= 15 is 0 Å². The third kappa shape index (κ3) is 3.49. The van der Waals surface area contributed by atoms with E-state index in [2.05, 4.69) is 21.7 Å². The van der Waals surface area contributed by atoms with E-state index in [1.165, 1.54) is 0 Å². The summed E-state index contributed by atoms with van der Waals surface area (Å²) in [7, 11) is 1.67. The molecular formula is C23H27FN6O2. The molecule has 32 heavy (non-hydrogen) atoms. The number of aromatic nitrogens is 4. The summed E-state index contributed by atoms with van der Waals surface area (Å²) in [5.41, 5.74) is 4.31. The third-order valence-electron chi connectivity index (χ3n) is 6.66. The molecule has 3 aromatic rings. The standard InChI is InChI=1S/C23H27FN6O2/c1-31-20-8-21-26-10-19(30(21)29-22(20)13-2-3-13)17-5-4-15(14-11-32-12-14)23(27-17)28-18-9-25-7-6-16(18)24/h4-5,8,10,13-14,16,18,25H,2-3,6-7,9,11-12H2,1H3,(H,27,28)/t16-,18-/m0/s1. The van der Waals surface area contributed by atoms with Gasteiger partial charge >= 0.3 is 0 Å². The third-order valence-corrected chi connectivity index (χ3v) is 6.66. The largest absolute Gasteiger partial charge is 0.495 e. The van der Waals surface area contributed by atoms with Crippen molar-refractivity contribution in [2.45, 2.75) is 43.3 Å². The zero-order valence-electron chi connectivity index (χ0n) is 18.1. The number of nitrogens with one attached hydrogen (secondary N) is 2. The number of ether oxygens (including phenoxy) is 2. The number of nitrogens with zero attached hydrogens (tertiary/aromatic N) is 4. The van der Waals surface area contributed by atoms with Crippen LogP contribution in [0.3, 0.4) is 0 Å². The Morgan fingerprint density at radius 2 is 2.09 bits per heavy atom. The van der Waals surface area contributed by atoms with Crippen molar-refractivity contribution in [3.63, 3.8) is 0 Å². The predicted molar refractivity (Wildman–Crippen MR) is 118 cm³/mol. The van der Waals surface area contributed by atoms with Gasteiger partial charge in [-0.25, -0.2) is 18.9 Å². The molecule has 2 aliphatic heterocycles. The summed E-state index contributed by atoms with van der Waals surface area (Å²) in [6.07, 6.45) is 3.64. The highest BCUT2D eigenvalue weighted by Crippen LogP contribution is 2.43. The fourth-order valence-electron chi connectivity index (χ4n) is 4.51. The summed E-state index contributed by atoms with van der Waals surface area (Å²) >= 11 is 0. The van der Waals surface area contributed by atoms with Gasteiger partial charge in [0.25, 0.3) is 0 Å². The van der Waals surface area contributed by atoms with E-state index in [0.717, 1.165) is 47.1 Å². The number of imidazole rings is 1. The quantitative estimate of drug-likeness (QED) is 0.612. The molecule has 0 unspecified atom stereocenters. The van der Waals surface area contributed by atoms with Gasteiger partial charge in [0.15, 0.2) is 5.65 Å². The van der Waals surface area contributed by atoms with Crippen molar-refractivity contribution in [3.8, 4) is 17.1 Å². The van der Waals surface area contributed by atoms with E-state index in [-0.39, 0.29) is 12.0 Å². The van der Waals surface area contributed by atoms with Gasteiger partial charge in [-0.15, -0.1) is 0 Å². The number of methoxy groups -OCH3 is 1. The predicted octanol–water partition coefficient (Wildman–Crippen LogP) is 2.90. The van der Waals surface area contributed by atoms with Crippen molar-refractivity contribution in [2.24, 2.45) is 0 Å². The molecule has 1 aliphatic carbocycles. The van der Waals surface area contributed by atoms with Gasteiger partial charge in [0, 0.05) is 30.0 Å². The maximum atomic E-state index is 14.6. The molecule has 2 N–H and O–H groups in total. The van der Waals surface area contributed by atoms with Crippen molar-refractivity contribution in [1.29, 1.82) is 0 Å². The van der Waals surface area contributed by atoms with Crippen LogP contribution in [0.1, 0.15) is 42.4 Å². The first-order valence-electron chi connectivity index (χ1n) is 11.3. The second-order valence-corrected chi connectivity index (χ2v) is 8.91. The highest BCUT2D eigenvalue weighted by molar-refractivity contribution is 5.64. The van der Waals surface area contributed by atoms with Crippen molar-refractivity contribution in [1.82, 2.24) is 24.9 Å². The molecule has 2 saturated heterocycles. The SMILES string of the molecule is COc1cc2ncc(-c3ccc(C4COC4)c(N[C@H]4CNCC[C@@H]4F)n3)n2nc1C1CC1. The summed E-state index contributed by atoms with van der Waals surface area (Å²) < 4.78 is 27.3. The zero-order chi connectivity index (χ0) is 21.7. The lowest BCUT2D eigenvalue weighted by Gasteiger charge is -2.32. The van der Waals surface area contributed by atoms with Crippen LogP contribution in [0.25, 0.3) is 17.0 Å². The smallest absolute Gasteiger partial charge is 0.157 e. The average molecular weight is 439 g/mol. The van der Waals surface area contributed by atoms with E-state index in [1.807, 2.05) is 16.6 Å². The van der Waals surface area contributed by atoms with Gasteiger partial charge in [0.05, 0.1) is 38.3 Å². The molecule has 0 amide bonds. The lowest BCUT2D eigenvalue weighted by Crippen LogP contribution is -2.46. The molecule has 3 fully saturated rings. The Hall–Kier alpha value is -2.78. The van der Waals surface area contributed by atoms with Crippen LogP contribution in [0.15, 0.2) is 24.4 Å². The molecule has 5 heterocycles. The monoisotopic (exact) mass is 438 g/mol. The molecule has 2 atom stereocenters. The number of anilines is 1. The number of pyridine rings is 1. The van der Waals surface area contributed by atoms with Gasteiger partial charge in [-0.3, -0.25) is 0 Å². The van der Waals surface area contributed by atoms with E-state index in [0.29, 0.717) is 44.3 Å². The van der Waals surface area contributed by atoms with Crippen molar-refractivity contribution in [3.05, 3.63) is 35.7 Å². The van der Waals surface area contributed by atoms with Crippen molar-refractivity contribution < 1.29 is 13.9 Å². The molecule has 1 saturated carbocycles. The number of piperidine rings is 1. The van der Waals surface area contributed by atoms with Gasteiger partial charge in [-0.1, -0.05) is 6.07 Å². The van der Waals surface area contributed by atoms with Gasteiger partial charge in [-0.05, 0) is 31.9 Å². The van der Waals surface area contributed by atoms with Crippen LogP contribution in [-0.2, 0) is 4.74 Å². The topological polar surface area (TPSA) is 85.6 Å². The molecule has 3 aliphatic rings. The van der Waals surface area contributed by atoms with Crippen LogP contribution < -0.4 is 15.4 Å². The van der Waals surface area contributed by atoms with Crippen LogP contribution in [-0.4, -0.2) is 65.2 Å². The van der Waals surface area contributed by atoms with Crippen molar-refractivity contribution >= 4 is 11.5 Å². The maximum absolute atomic E-state index is 14.6. The number of halogens is 1. The molecule has 8 nitrogen and oxygen atoms in total. The van der Waals surface area contributed by atoms with Crippen LogP contribution in [0.5, 0.6) is 5.75 Å².